The van der Waals surface area contributed by atoms with Crippen LogP contribution in [0.2, 0.25) is 0 Å². The molecule has 5 nitrogen and oxygen atoms in total. The summed E-state index contributed by atoms with van der Waals surface area (Å²) in [7, 11) is 1.64. The lowest BCUT2D eigenvalue weighted by atomic mass is 10.1. The van der Waals surface area contributed by atoms with E-state index in [9.17, 15) is 4.79 Å². The van der Waals surface area contributed by atoms with Gasteiger partial charge in [-0.2, -0.15) is 5.10 Å². The Balaban J connectivity index is 1.60. The average molecular weight is 349 g/mol. The standard InChI is InChI=1S/C21H23N3O2/c1-16-14-20(24(23-16)15-18-6-4-3-5-7-18)22-21(25)13-10-17-8-11-19(26-2)12-9-17/h3-9,11-12,14H,10,13,15H2,1-2H3,(H,22,25). The van der Waals surface area contributed by atoms with E-state index >= 15 is 0 Å². The minimum absolute atomic E-state index is 0.0185. The number of rotatable bonds is 7. The van der Waals surface area contributed by atoms with E-state index in [0.29, 0.717) is 19.4 Å². The molecule has 0 aliphatic carbocycles. The van der Waals surface area contributed by atoms with Gasteiger partial charge in [0.15, 0.2) is 0 Å². The molecule has 1 N–H and O–H groups in total. The summed E-state index contributed by atoms with van der Waals surface area (Å²) in [6.45, 7) is 2.55. The lowest BCUT2D eigenvalue weighted by Crippen LogP contribution is -2.16. The van der Waals surface area contributed by atoms with Gasteiger partial charge < -0.3 is 10.1 Å². The minimum atomic E-state index is -0.0185. The summed E-state index contributed by atoms with van der Waals surface area (Å²) < 4.78 is 6.98. The van der Waals surface area contributed by atoms with Crippen LogP contribution in [-0.2, 0) is 17.8 Å². The predicted octanol–water partition coefficient (Wildman–Crippen LogP) is 3.82. The van der Waals surface area contributed by atoms with Gasteiger partial charge in [0.05, 0.1) is 19.3 Å². The normalized spacial score (nSPS) is 10.5. The molecule has 26 heavy (non-hydrogen) atoms. The number of hydrogen-bond donors (Lipinski definition) is 1. The number of nitrogens with zero attached hydrogens (tertiary/aromatic N) is 2. The number of carbonyl (C=O) groups excluding carboxylic acids is 1. The smallest absolute Gasteiger partial charge is 0.225 e. The SMILES string of the molecule is COc1ccc(CCC(=O)Nc2cc(C)nn2Cc2ccccc2)cc1. The highest BCUT2D eigenvalue weighted by Gasteiger charge is 2.10. The summed E-state index contributed by atoms with van der Waals surface area (Å²) in [5.41, 5.74) is 3.13. The lowest BCUT2D eigenvalue weighted by Gasteiger charge is -2.09. The third-order valence-electron chi connectivity index (χ3n) is 4.14. The zero-order chi connectivity index (χ0) is 18.4. The van der Waals surface area contributed by atoms with Crippen LogP contribution in [0.15, 0.2) is 60.7 Å². The van der Waals surface area contributed by atoms with Crippen LogP contribution in [0.3, 0.4) is 0 Å². The number of amides is 1. The quantitative estimate of drug-likeness (QED) is 0.705. The van der Waals surface area contributed by atoms with E-state index in [1.54, 1.807) is 7.11 Å². The third-order valence-corrected chi connectivity index (χ3v) is 4.14. The largest absolute Gasteiger partial charge is 0.497 e. The maximum Gasteiger partial charge on any atom is 0.225 e. The van der Waals surface area contributed by atoms with Crippen molar-refractivity contribution in [1.29, 1.82) is 0 Å². The summed E-state index contributed by atoms with van der Waals surface area (Å²) in [5, 5.41) is 7.47. The predicted molar refractivity (Wildman–Crippen MR) is 102 cm³/mol. The molecule has 5 heteroatoms. The Bertz CT molecular complexity index is 855. The van der Waals surface area contributed by atoms with E-state index in [4.69, 9.17) is 4.74 Å². The molecule has 0 saturated heterocycles. The van der Waals surface area contributed by atoms with Gasteiger partial charge in [0.1, 0.15) is 11.6 Å². The molecular formula is C21H23N3O2. The highest BCUT2D eigenvalue weighted by atomic mass is 16.5. The monoisotopic (exact) mass is 349 g/mol. The van der Waals surface area contributed by atoms with Crippen molar-refractivity contribution in [2.75, 3.05) is 12.4 Å². The van der Waals surface area contributed by atoms with Crippen LogP contribution in [0.1, 0.15) is 23.2 Å². The number of aromatic nitrogens is 2. The first kappa shape index (κ1) is 17.7. The fourth-order valence-corrected chi connectivity index (χ4v) is 2.78. The Hall–Kier alpha value is -3.08. The van der Waals surface area contributed by atoms with Crippen molar-refractivity contribution in [3.05, 3.63) is 77.5 Å². The molecule has 3 aromatic rings. The van der Waals surface area contributed by atoms with Gasteiger partial charge >= 0.3 is 0 Å². The van der Waals surface area contributed by atoms with Crippen LogP contribution in [0.25, 0.3) is 0 Å². The van der Waals surface area contributed by atoms with Crippen molar-refractivity contribution < 1.29 is 9.53 Å². The van der Waals surface area contributed by atoms with Crippen molar-refractivity contribution in [2.45, 2.75) is 26.3 Å². The van der Waals surface area contributed by atoms with Gasteiger partial charge in [0.2, 0.25) is 5.91 Å². The number of hydrogen-bond acceptors (Lipinski definition) is 3. The van der Waals surface area contributed by atoms with E-state index < -0.39 is 0 Å². The first-order chi connectivity index (χ1) is 12.6. The van der Waals surface area contributed by atoms with Gasteiger partial charge in [-0.1, -0.05) is 42.5 Å². The molecule has 0 radical (unpaired) electrons. The number of anilines is 1. The van der Waals surface area contributed by atoms with Crippen LogP contribution < -0.4 is 10.1 Å². The molecule has 0 unspecified atom stereocenters. The van der Waals surface area contributed by atoms with Crippen LogP contribution >= 0.6 is 0 Å². The molecule has 1 aromatic heterocycles. The highest BCUT2D eigenvalue weighted by Crippen LogP contribution is 2.15. The molecule has 0 aliphatic heterocycles. The van der Waals surface area contributed by atoms with Crippen LogP contribution in [-0.4, -0.2) is 22.8 Å². The number of ether oxygens (including phenoxy) is 1. The second-order valence-electron chi connectivity index (χ2n) is 6.21. The van der Waals surface area contributed by atoms with E-state index in [-0.39, 0.29) is 5.91 Å². The molecule has 0 spiro atoms. The number of benzene rings is 2. The molecule has 0 bridgehead atoms. The molecule has 0 atom stereocenters. The van der Waals surface area contributed by atoms with Crippen molar-refractivity contribution in [2.24, 2.45) is 0 Å². The van der Waals surface area contributed by atoms with Gasteiger partial charge in [-0.25, -0.2) is 4.68 Å². The van der Waals surface area contributed by atoms with Crippen molar-refractivity contribution >= 4 is 11.7 Å². The molecule has 0 aliphatic rings. The number of carbonyl (C=O) groups is 1. The Kier molecular flexibility index (Phi) is 5.69. The van der Waals surface area contributed by atoms with Crippen molar-refractivity contribution in [3.63, 3.8) is 0 Å². The van der Waals surface area contributed by atoms with Crippen LogP contribution in [0.5, 0.6) is 5.75 Å². The summed E-state index contributed by atoms with van der Waals surface area (Å²) in [6.07, 6.45) is 1.10. The summed E-state index contributed by atoms with van der Waals surface area (Å²) in [4.78, 5) is 12.3. The van der Waals surface area contributed by atoms with Crippen LogP contribution in [0, 0.1) is 6.92 Å². The second kappa shape index (κ2) is 8.34. The Morgan fingerprint density at radius 1 is 1.08 bits per heavy atom. The highest BCUT2D eigenvalue weighted by molar-refractivity contribution is 5.90. The van der Waals surface area contributed by atoms with Gasteiger partial charge in [-0.05, 0) is 36.6 Å². The molecule has 1 heterocycles. The van der Waals surface area contributed by atoms with Crippen molar-refractivity contribution in [1.82, 2.24) is 9.78 Å². The third kappa shape index (κ3) is 4.72. The van der Waals surface area contributed by atoms with E-state index in [1.807, 2.05) is 72.3 Å². The second-order valence-corrected chi connectivity index (χ2v) is 6.21. The first-order valence-corrected chi connectivity index (χ1v) is 8.65. The summed E-state index contributed by atoms with van der Waals surface area (Å²) >= 11 is 0. The Labute approximate surface area is 153 Å². The number of methoxy groups -OCH3 is 1. The van der Waals surface area contributed by atoms with E-state index in [0.717, 1.165) is 28.4 Å². The number of aryl methyl sites for hydroxylation is 2. The van der Waals surface area contributed by atoms with Crippen molar-refractivity contribution in [3.8, 4) is 5.75 Å². The molecule has 1 amide bonds. The maximum atomic E-state index is 12.3. The van der Waals surface area contributed by atoms with E-state index in [1.165, 1.54) is 0 Å². The molecular weight excluding hydrogens is 326 g/mol. The van der Waals surface area contributed by atoms with Gasteiger partial charge in [-0.15, -0.1) is 0 Å². The molecule has 134 valence electrons. The first-order valence-electron chi connectivity index (χ1n) is 8.65. The Morgan fingerprint density at radius 2 is 1.81 bits per heavy atom. The van der Waals surface area contributed by atoms with Gasteiger partial charge in [0.25, 0.3) is 0 Å². The fourth-order valence-electron chi connectivity index (χ4n) is 2.78. The lowest BCUT2D eigenvalue weighted by molar-refractivity contribution is -0.116. The molecule has 3 rings (SSSR count). The summed E-state index contributed by atoms with van der Waals surface area (Å²) in [5.74, 6) is 1.53. The molecule has 0 saturated carbocycles. The maximum absolute atomic E-state index is 12.3. The van der Waals surface area contributed by atoms with Gasteiger partial charge in [-0.3, -0.25) is 4.79 Å². The zero-order valence-electron chi connectivity index (χ0n) is 15.1. The zero-order valence-corrected chi connectivity index (χ0v) is 15.1. The Morgan fingerprint density at radius 3 is 2.50 bits per heavy atom. The van der Waals surface area contributed by atoms with Gasteiger partial charge in [0, 0.05) is 12.5 Å². The molecule has 0 fully saturated rings. The molecule has 2 aromatic carbocycles. The topological polar surface area (TPSA) is 56.1 Å². The minimum Gasteiger partial charge on any atom is -0.497 e. The van der Waals surface area contributed by atoms with E-state index in [2.05, 4.69) is 10.4 Å². The average Bonchev–Trinajstić information content (AvgIpc) is 3.00. The summed E-state index contributed by atoms with van der Waals surface area (Å²) in [6, 6.07) is 19.8. The fraction of sp³-hybridized carbons (Fsp3) is 0.238. The van der Waals surface area contributed by atoms with Crippen LogP contribution in [0.4, 0.5) is 5.82 Å². The number of nitrogens with one attached hydrogen (secondary N) is 1.